The number of hydrogen-bond donors (Lipinski definition) is 0. The summed E-state index contributed by atoms with van der Waals surface area (Å²) in [6, 6.07) is 38.0. The van der Waals surface area contributed by atoms with E-state index in [1.807, 2.05) is 12.1 Å². The zero-order valence-corrected chi connectivity index (χ0v) is 20.8. The molecule has 4 aromatic rings. The predicted octanol–water partition coefficient (Wildman–Crippen LogP) is 6.68. The molecule has 0 radical (unpaired) electrons. The predicted molar refractivity (Wildman–Crippen MR) is 149 cm³/mol. The lowest BCUT2D eigenvalue weighted by molar-refractivity contribution is 0.199. The molecule has 0 spiro atoms. The third-order valence-electron chi connectivity index (χ3n) is 8.14. The van der Waals surface area contributed by atoms with Gasteiger partial charge in [-0.2, -0.15) is 0 Å². The highest BCUT2D eigenvalue weighted by molar-refractivity contribution is 6.26. The summed E-state index contributed by atoms with van der Waals surface area (Å²) in [4.78, 5) is 10.4. The van der Waals surface area contributed by atoms with E-state index >= 15 is 0 Å². The van der Waals surface area contributed by atoms with Crippen LogP contribution in [-0.4, -0.2) is 24.0 Å². The number of nitrogens with zero attached hydrogens (tertiary/aromatic N) is 2. The van der Waals surface area contributed by atoms with Crippen LogP contribution in [0.1, 0.15) is 45.5 Å². The van der Waals surface area contributed by atoms with E-state index < -0.39 is 0 Å². The Morgan fingerprint density at radius 1 is 0.500 bits per heavy atom. The minimum Gasteiger partial charge on any atom is -0.471 e. The molecule has 4 nitrogen and oxygen atoms in total. The van der Waals surface area contributed by atoms with Gasteiger partial charge in [-0.3, -0.25) is 0 Å². The van der Waals surface area contributed by atoms with E-state index in [0.717, 1.165) is 35.1 Å². The molecule has 0 unspecified atom stereocenters. The van der Waals surface area contributed by atoms with E-state index in [2.05, 4.69) is 97.1 Å². The molecule has 0 fully saturated rings. The standard InChI is InChI=1S/C34H26N2O2/c1-3-11-21(12-4-1)29(22-13-5-2-6-14-22)30(33-35-31-25-17-9-7-15-23(25)19-27(31)37-33)34-36-32-26-18-10-8-16-24(26)20-28(32)38-34/h1-18,27-28,31-32H,19-20H2/t27-,28-,31+,32+/m1/s1. The first-order valence-electron chi connectivity index (χ1n) is 13.3. The van der Waals surface area contributed by atoms with Gasteiger partial charge in [-0.1, -0.05) is 109 Å². The van der Waals surface area contributed by atoms with Crippen LogP contribution in [0, 0.1) is 0 Å². The first kappa shape index (κ1) is 21.6. The molecule has 0 saturated heterocycles. The maximum absolute atomic E-state index is 6.69. The molecule has 0 aromatic heterocycles. The van der Waals surface area contributed by atoms with Crippen LogP contribution in [0.5, 0.6) is 0 Å². The van der Waals surface area contributed by atoms with Crippen molar-refractivity contribution in [1.82, 2.24) is 0 Å². The molecule has 0 bridgehead atoms. The molecule has 2 heterocycles. The summed E-state index contributed by atoms with van der Waals surface area (Å²) in [5.41, 5.74) is 9.21. The number of rotatable bonds is 4. The summed E-state index contributed by atoms with van der Waals surface area (Å²) < 4.78 is 13.4. The maximum atomic E-state index is 6.69. The van der Waals surface area contributed by atoms with Crippen molar-refractivity contribution in [3.05, 3.63) is 148 Å². The highest BCUT2D eigenvalue weighted by Crippen LogP contribution is 2.45. The molecular weight excluding hydrogens is 468 g/mol. The molecule has 2 aliphatic heterocycles. The summed E-state index contributed by atoms with van der Waals surface area (Å²) in [6.45, 7) is 0. The van der Waals surface area contributed by atoms with Crippen LogP contribution in [0.4, 0.5) is 0 Å². The fourth-order valence-corrected chi connectivity index (χ4v) is 6.41. The van der Waals surface area contributed by atoms with E-state index in [-0.39, 0.29) is 24.3 Å². The van der Waals surface area contributed by atoms with Crippen molar-refractivity contribution in [3.8, 4) is 0 Å². The second-order valence-corrected chi connectivity index (χ2v) is 10.4. The normalized spacial score (nSPS) is 23.8. The maximum Gasteiger partial charge on any atom is 0.223 e. The Kier molecular flexibility index (Phi) is 4.87. The van der Waals surface area contributed by atoms with Crippen LogP contribution < -0.4 is 0 Å². The fourth-order valence-electron chi connectivity index (χ4n) is 6.41. The molecule has 2 aliphatic carbocycles. The van der Waals surface area contributed by atoms with E-state index in [1.54, 1.807) is 0 Å². The Labute approximate surface area is 222 Å². The minimum absolute atomic E-state index is 0.00701. The molecule has 38 heavy (non-hydrogen) atoms. The van der Waals surface area contributed by atoms with Gasteiger partial charge in [-0.15, -0.1) is 0 Å². The SMILES string of the molecule is c1ccc(C(=C(C2=N[C@H]3c4ccccc4C[C@H]3O2)C2=N[C@H]3c4ccccc4C[C@H]3O2)c2ccccc2)cc1. The highest BCUT2D eigenvalue weighted by Gasteiger charge is 2.45. The van der Waals surface area contributed by atoms with Crippen LogP contribution in [0.25, 0.3) is 5.57 Å². The zero-order chi connectivity index (χ0) is 25.1. The zero-order valence-electron chi connectivity index (χ0n) is 20.8. The number of hydrogen-bond acceptors (Lipinski definition) is 4. The summed E-state index contributed by atoms with van der Waals surface area (Å²) >= 11 is 0. The molecular formula is C34H26N2O2. The second kappa shape index (κ2) is 8.56. The van der Waals surface area contributed by atoms with Gasteiger partial charge in [-0.25, -0.2) is 9.98 Å². The molecule has 0 saturated carbocycles. The van der Waals surface area contributed by atoms with Crippen LogP contribution in [0.15, 0.2) is 125 Å². The van der Waals surface area contributed by atoms with E-state index in [4.69, 9.17) is 19.5 Å². The average Bonchev–Trinajstić information content (AvgIpc) is 3.72. The van der Waals surface area contributed by atoms with Gasteiger partial charge in [0.25, 0.3) is 0 Å². The lowest BCUT2D eigenvalue weighted by Crippen LogP contribution is -2.22. The first-order valence-corrected chi connectivity index (χ1v) is 13.3. The molecule has 0 amide bonds. The largest absolute Gasteiger partial charge is 0.471 e. The van der Waals surface area contributed by atoms with Crippen molar-refractivity contribution in [1.29, 1.82) is 0 Å². The summed E-state index contributed by atoms with van der Waals surface area (Å²) in [5.74, 6) is 1.26. The van der Waals surface area contributed by atoms with Crippen molar-refractivity contribution in [2.75, 3.05) is 0 Å². The fraction of sp³-hybridized carbons (Fsp3) is 0.176. The number of benzene rings is 4. The summed E-state index contributed by atoms with van der Waals surface area (Å²) in [5, 5.41) is 0. The van der Waals surface area contributed by atoms with Gasteiger partial charge in [-0.05, 0) is 33.4 Å². The van der Waals surface area contributed by atoms with Gasteiger partial charge in [0, 0.05) is 18.4 Å². The van der Waals surface area contributed by atoms with Gasteiger partial charge in [0.2, 0.25) is 11.8 Å². The number of aliphatic imine (C=N–C) groups is 2. The van der Waals surface area contributed by atoms with Crippen molar-refractivity contribution < 1.29 is 9.47 Å². The Hall–Kier alpha value is -4.44. The van der Waals surface area contributed by atoms with Crippen molar-refractivity contribution in [2.45, 2.75) is 37.1 Å². The third kappa shape index (κ3) is 3.37. The van der Waals surface area contributed by atoms with E-state index in [9.17, 15) is 0 Å². The molecule has 4 heteroatoms. The van der Waals surface area contributed by atoms with Crippen molar-refractivity contribution in [2.24, 2.45) is 9.98 Å². The Balaban J connectivity index is 1.34. The lowest BCUT2D eigenvalue weighted by atomic mass is 9.92. The van der Waals surface area contributed by atoms with Gasteiger partial charge < -0.3 is 9.47 Å². The van der Waals surface area contributed by atoms with Gasteiger partial charge in [0.05, 0.1) is 0 Å². The molecule has 4 atom stereocenters. The quantitative estimate of drug-likeness (QED) is 0.318. The molecule has 4 aromatic carbocycles. The average molecular weight is 495 g/mol. The van der Waals surface area contributed by atoms with Crippen LogP contribution in [0.3, 0.4) is 0 Å². The second-order valence-electron chi connectivity index (χ2n) is 10.4. The topological polar surface area (TPSA) is 43.2 Å². The van der Waals surface area contributed by atoms with Crippen LogP contribution in [-0.2, 0) is 22.3 Å². The van der Waals surface area contributed by atoms with E-state index in [1.165, 1.54) is 22.3 Å². The molecule has 184 valence electrons. The summed E-state index contributed by atoms with van der Waals surface area (Å²) in [7, 11) is 0. The molecule has 4 aliphatic rings. The number of ether oxygens (including phenoxy) is 2. The Morgan fingerprint density at radius 2 is 0.921 bits per heavy atom. The van der Waals surface area contributed by atoms with Crippen molar-refractivity contribution in [3.63, 3.8) is 0 Å². The van der Waals surface area contributed by atoms with E-state index in [0.29, 0.717) is 11.8 Å². The van der Waals surface area contributed by atoms with Crippen LogP contribution >= 0.6 is 0 Å². The first-order chi connectivity index (χ1) is 18.8. The van der Waals surface area contributed by atoms with Gasteiger partial charge in [0.1, 0.15) is 29.9 Å². The lowest BCUT2D eigenvalue weighted by Gasteiger charge is -2.18. The number of fused-ring (bicyclic) bond motifs is 6. The minimum atomic E-state index is -0.00812. The van der Waals surface area contributed by atoms with Gasteiger partial charge in [0.15, 0.2) is 0 Å². The molecule has 0 N–H and O–H groups in total. The smallest absolute Gasteiger partial charge is 0.223 e. The Morgan fingerprint density at radius 3 is 1.39 bits per heavy atom. The van der Waals surface area contributed by atoms with Crippen LogP contribution in [0.2, 0.25) is 0 Å². The molecule has 8 rings (SSSR count). The summed E-state index contributed by atoms with van der Waals surface area (Å²) in [6.07, 6.45) is 1.71. The Bertz CT molecular complexity index is 1520. The van der Waals surface area contributed by atoms with Gasteiger partial charge >= 0.3 is 0 Å². The third-order valence-corrected chi connectivity index (χ3v) is 8.14. The monoisotopic (exact) mass is 494 g/mol. The highest BCUT2D eigenvalue weighted by atomic mass is 16.5. The van der Waals surface area contributed by atoms with Crippen molar-refractivity contribution >= 4 is 17.4 Å².